The molecule has 0 aliphatic rings. The molecule has 92 valence electrons. The van der Waals surface area contributed by atoms with Crippen molar-refractivity contribution < 1.29 is 4.92 Å². The van der Waals surface area contributed by atoms with Gasteiger partial charge in [-0.05, 0) is 24.6 Å². The maximum atomic E-state index is 10.9. The topological polar surface area (TPSA) is 67.2 Å². The molecule has 0 atom stereocenters. The summed E-state index contributed by atoms with van der Waals surface area (Å²) in [6, 6.07) is 14.4. The zero-order chi connectivity index (χ0) is 13.0. The second-order valence-corrected chi connectivity index (χ2v) is 3.84. The molecule has 0 unspecified atom stereocenters. The van der Waals surface area contributed by atoms with Gasteiger partial charge < -0.3 is 5.43 Å². The van der Waals surface area contributed by atoms with E-state index in [0.717, 1.165) is 11.3 Å². The summed E-state index contributed by atoms with van der Waals surface area (Å²) >= 11 is 0. The number of aryl methyl sites for hydroxylation is 1. The highest BCUT2D eigenvalue weighted by Crippen LogP contribution is 2.27. The first-order valence-electron chi connectivity index (χ1n) is 5.49. The number of benzene rings is 2. The molecule has 0 fully saturated rings. The molecule has 0 spiro atoms. The summed E-state index contributed by atoms with van der Waals surface area (Å²) in [4.78, 5) is 10.5. The molecule has 2 aromatic rings. The SMILES string of the molecule is Cc1cccc([N+](=O)[O-])c1NNc1ccccc1. The molecule has 0 radical (unpaired) electrons. The second-order valence-electron chi connectivity index (χ2n) is 3.84. The predicted octanol–water partition coefficient (Wildman–Crippen LogP) is 3.34. The fraction of sp³-hybridized carbons (Fsp3) is 0.0769. The van der Waals surface area contributed by atoms with Crippen molar-refractivity contribution in [3.63, 3.8) is 0 Å². The van der Waals surface area contributed by atoms with E-state index in [0.29, 0.717) is 5.69 Å². The second kappa shape index (κ2) is 5.18. The summed E-state index contributed by atoms with van der Waals surface area (Å²) in [5.74, 6) is 0. The highest BCUT2D eigenvalue weighted by atomic mass is 16.6. The molecule has 0 heterocycles. The van der Waals surface area contributed by atoms with Crippen LogP contribution in [-0.2, 0) is 0 Å². The summed E-state index contributed by atoms with van der Waals surface area (Å²) in [5, 5.41) is 10.9. The van der Waals surface area contributed by atoms with Gasteiger partial charge >= 0.3 is 0 Å². The van der Waals surface area contributed by atoms with E-state index in [2.05, 4.69) is 10.9 Å². The largest absolute Gasteiger partial charge is 0.301 e. The van der Waals surface area contributed by atoms with Crippen LogP contribution in [0.3, 0.4) is 0 Å². The van der Waals surface area contributed by atoms with Gasteiger partial charge in [0.15, 0.2) is 0 Å². The summed E-state index contributed by atoms with van der Waals surface area (Å²) in [5.41, 5.74) is 8.02. The van der Waals surface area contributed by atoms with Gasteiger partial charge in [-0.25, -0.2) is 0 Å². The van der Waals surface area contributed by atoms with E-state index in [1.54, 1.807) is 6.07 Å². The average molecular weight is 243 g/mol. The van der Waals surface area contributed by atoms with Crippen molar-refractivity contribution >= 4 is 17.1 Å². The van der Waals surface area contributed by atoms with Crippen LogP contribution in [0.15, 0.2) is 48.5 Å². The van der Waals surface area contributed by atoms with E-state index in [1.807, 2.05) is 43.3 Å². The maximum Gasteiger partial charge on any atom is 0.294 e. The summed E-state index contributed by atoms with van der Waals surface area (Å²) < 4.78 is 0. The summed E-state index contributed by atoms with van der Waals surface area (Å²) in [6.45, 7) is 1.82. The first-order valence-corrected chi connectivity index (χ1v) is 5.49. The van der Waals surface area contributed by atoms with E-state index in [1.165, 1.54) is 6.07 Å². The van der Waals surface area contributed by atoms with Gasteiger partial charge in [-0.15, -0.1) is 0 Å². The number of hydrogen-bond donors (Lipinski definition) is 2. The number of nitro groups is 1. The number of anilines is 2. The van der Waals surface area contributed by atoms with E-state index in [9.17, 15) is 10.1 Å². The molecule has 0 aliphatic carbocycles. The van der Waals surface area contributed by atoms with Crippen LogP contribution in [-0.4, -0.2) is 4.92 Å². The van der Waals surface area contributed by atoms with Crippen molar-refractivity contribution in [2.75, 3.05) is 10.9 Å². The van der Waals surface area contributed by atoms with Gasteiger partial charge in [-0.2, -0.15) is 0 Å². The fourth-order valence-electron chi connectivity index (χ4n) is 1.62. The Labute approximate surface area is 105 Å². The van der Waals surface area contributed by atoms with Gasteiger partial charge in [-0.1, -0.05) is 30.3 Å². The Morgan fingerprint density at radius 3 is 2.39 bits per heavy atom. The third-order valence-corrected chi connectivity index (χ3v) is 2.55. The van der Waals surface area contributed by atoms with Crippen LogP contribution in [0.25, 0.3) is 0 Å². The van der Waals surface area contributed by atoms with E-state index < -0.39 is 4.92 Å². The molecule has 5 heteroatoms. The van der Waals surface area contributed by atoms with Gasteiger partial charge in [-0.3, -0.25) is 15.5 Å². The van der Waals surface area contributed by atoms with Crippen LogP contribution in [0, 0.1) is 17.0 Å². The van der Waals surface area contributed by atoms with Crippen molar-refractivity contribution in [3.05, 3.63) is 64.2 Å². The zero-order valence-electron chi connectivity index (χ0n) is 9.88. The Morgan fingerprint density at radius 1 is 1.00 bits per heavy atom. The Balaban J connectivity index is 2.21. The summed E-state index contributed by atoms with van der Waals surface area (Å²) in [6.07, 6.45) is 0. The van der Waals surface area contributed by atoms with Gasteiger partial charge in [0.2, 0.25) is 0 Å². The van der Waals surface area contributed by atoms with Crippen LogP contribution < -0.4 is 10.9 Å². The highest BCUT2D eigenvalue weighted by Gasteiger charge is 2.14. The normalized spacial score (nSPS) is 9.83. The minimum absolute atomic E-state index is 0.0541. The predicted molar refractivity (Wildman–Crippen MR) is 71.5 cm³/mol. The van der Waals surface area contributed by atoms with Crippen LogP contribution in [0.5, 0.6) is 0 Å². The molecule has 5 nitrogen and oxygen atoms in total. The molecule has 0 aromatic heterocycles. The number of rotatable bonds is 4. The van der Waals surface area contributed by atoms with Crippen molar-refractivity contribution in [1.29, 1.82) is 0 Å². The molecule has 0 bridgehead atoms. The van der Waals surface area contributed by atoms with Gasteiger partial charge in [0, 0.05) is 6.07 Å². The number of para-hydroxylation sites is 2. The molecule has 0 saturated heterocycles. The molecule has 2 aromatic carbocycles. The smallest absolute Gasteiger partial charge is 0.294 e. The number of hydrogen-bond acceptors (Lipinski definition) is 4. The number of nitro benzene ring substituents is 1. The number of nitrogens with zero attached hydrogens (tertiary/aromatic N) is 1. The molecule has 18 heavy (non-hydrogen) atoms. The lowest BCUT2D eigenvalue weighted by molar-refractivity contribution is -0.384. The third kappa shape index (κ3) is 2.57. The molecular formula is C13H13N3O2. The Kier molecular flexibility index (Phi) is 3.43. The first-order chi connectivity index (χ1) is 8.68. The van der Waals surface area contributed by atoms with Gasteiger partial charge in [0.1, 0.15) is 5.69 Å². The van der Waals surface area contributed by atoms with E-state index in [-0.39, 0.29) is 5.69 Å². The Bertz CT molecular complexity index is 555. The third-order valence-electron chi connectivity index (χ3n) is 2.55. The van der Waals surface area contributed by atoms with E-state index >= 15 is 0 Å². The minimum atomic E-state index is -0.401. The number of hydrazine groups is 1. The van der Waals surface area contributed by atoms with Crippen molar-refractivity contribution in [1.82, 2.24) is 0 Å². The van der Waals surface area contributed by atoms with Crippen molar-refractivity contribution in [2.24, 2.45) is 0 Å². The summed E-state index contributed by atoms with van der Waals surface area (Å²) in [7, 11) is 0. The standard InChI is InChI=1S/C13H13N3O2/c1-10-6-5-9-12(16(17)18)13(10)15-14-11-7-3-2-4-8-11/h2-9,14-15H,1H3. The van der Waals surface area contributed by atoms with Crippen LogP contribution in [0.2, 0.25) is 0 Å². The van der Waals surface area contributed by atoms with Gasteiger partial charge in [0.05, 0.1) is 10.6 Å². The Morgan fingerprint density at radius 2 is 1.72 bits per heavy atom. The highest BCUT2D eigenvalue weighted by molar-refractivity contribution is 5.68. The average Bonchev–Trinajstić information content (AvgIpc) is 2.38. The first kappa shape index (κ1) is 11.9. The van der Waals surface area contributed by atoms with Crippen LogP contribution in [0.4, 0.5) is 17.1 Å². The monoisotopic (exact) mass is 243 g/mol. The maximum absolute atomic E-state index is 10.9. The van der Waals surface area contributed by atoms with Crippen LogP contribution in [0.1, 0.15) is 5.56 Å². The lowest BCUT2D eigenvalue weighted by Gasteiger charge is -2.11. The van der Waals surface area contributed by atoms with E-state index in [4.69, 9.17) is 0 Å². The fourth-order valence-corrected chi connectivity index (χ4v) is 1.62. The molecule has 0 saturated carbocycles. The van der Waals surface area contributed by atoms with Crippen molar-refractivity contribution in [3.8, 4) is 0 Å². The van der Waals surface area contributed by atoms with Crippen molar-refractivity contribution in [2.45, 2.75) is 6.92 Å². The van der Waals surface area contributed by atoms with Gasteiger partial charge in [0.25, 0.3) is 5.69 Å². The zero-order valence-corrected chi connectivity index (χ0v) is 9.88. The molecule has 0 aliphatic heterocycles. The minimum Gasteiger partial charge on any atom is -0.301 e. The number of nitrogens with one attached hydrogen (secondary N) is 2. The molecule has 2 rings (SSSR count). The van der Waals surface area contributed by atoms with Crippen LogP contribution >= 0.6 is 0 Å². The Hall–Kier alpha value is -2.56. The molecule has 0 amide bonds. The molecular weight excluding hydrogens is 230 g/mol. The lowest BCUT2D eigenvalue weighted by atomic mass is 10.2. The lowest BCUT2D eigenvalue weighted by Crippen LogP contribution is -2.11. The molecule has 2 N–H and O–H groups in total. The quantitative estimate of drug-likeness (QED) is 0.638.